The van der Waals surface area contributed by atoms with E-state index in [1.807, 2.05) is 30.0 Å². The van der Waals surface area contributed by atoms with E-state index >= 15 is 0 Å². The number of aryl methyl sites for hydroxylation is 1. The molecule has 112 valence electrons. The van der Waals surface area contributed by atoms with E-state index in [4.69, 9.17) is 5.11 Å². The van der Waals surface area contributed by atoms with E-state index in [1.54, 1.807) is 0 Å². The third kappa shape index (κ3) is 4.09. The molecule has 0 spiro atoms. The molecule has 0 aromatic heterocycles. The van der Waals surface area contributed by atoms with Crippen molar-refractivity contribution in [2.75, 3.05) is 13.2 Å². The predicted molar refractivity (Wildman–Crippen MR) is 84.0 cm³/mol. The Morgan fingerprint density at radius 1 is 1.43 bits per heavy atom. The normalized spacial score (nSPS) is 13.8. The fourth-order valence-corrected chi connectivity index (χ4v) is 2.41. The number of hydrogen-bond acceptors (Lipinski definition) is 2. The van der Waals surface area contributed by atoms with Crippen LogP contribution in [0.3, 0.4) is 0 Å². The molecular formula is C18H23NO2. The third-order valence-electron chi connectivity index (χ3n) is 3.52. The molecule has 0 radical (unpaired) electrons. The highest BCUT2D eigenvalue weighted by Crippen LogP contribution is 2.29. The summed E-state index contributed by atoms with van der Waals surface area (Å²) in [5.74, 6) is 6.05. The monoisotopic (exact) mass is 285 g/mol. The zero-order valence-electron chi connectivity index (χ0n) is 13.0. The van der Waals surface area contributed by atoms with Crippen LogP contribution in [-0.4, -0.2) is 35.1 Å². The quantitative estimate of drug-likeness (QED) is 0.864. The largest absolute Gasteiger partial charge is 0.384 e. The Hall–Kier alpha value is -1.79. The molecule has 0 heterocycles. The van der Waals surface area contributed by atoms with E-state index in [0.717, 1.165) is 24.9 Å². The van der Waals surface area contributed by atoms with Gasteiger partial charge in [-0.1, -0.05) is 37.3 Å². The molecule has 3 heteroatoms. The van der Waals surface area contributed by atoms with E-state index in [9.17, 15) is 4.79 Å². The van der Waals surface area contributed by atoms with Gasteiger partial charge in [-0.05, 0) is 37.8 Å². The van der Waals surface area contributed by atoms with Crippen LogP contribution in [0.4, 0.5) is 0 Å². The lowest BCUT2D eigenvalue weighted by Crippen LogP contribution is -2.36. The van der Waals surface area contributed by atoms with Gasteiger partial charge in [-0.2, -0.15) is 0 Å². The number of carbonyl (C=O) groups excluding carboxylic acids is 1. The topological polar surface area (TPSA) is 40.5 Å². The summed E-state index contributed by atoms with van der Waals surface area (Å²) in [6.07, 6.45) is 2.20. The van der Waals surface area contributed by atoms with Gasteiger partial charge in [0, 0.05) is 18.2 Å². The molecule has 1 amide bonds. The molecule has 1 aliphatic rings. The number of benzene rings is 1. The first kappa shape index (κ1) is 15.6. The van der Waals surface area contributed by atoms with Gasteiger partial charge in [0.1, 0.15) is 6.61 Å². The van der Waals surface area contributed by atoms with Crippen LogP contribution >= 0.6 is 0 Å². The van der Waals surface area contributed by atoms with Crippen LogP contribution < -0.4 is 0 Å². The van der Waals surface area contributed by atoms with Gasteiger partial charge in [0.25, 0.3) is 5.91 Å². The summed E-state index contributed by atoms with van der Waals surface area (Å²) in [5.41, 5.74) is 2.41. The van der Waals surface area contributed by atoms with E-state index in [-0.39, 0.29) is 12.5 Å². The van der Waals surface area contributed by atoms with Gasteiger partial charge < -0.3 is 10.0 Å². The molecule has 1 aromatic rings. The fourth-order valence-electron chi connectivity index (χ4n) is 2.41. The summed E-state index contributed by atoms with van der Waals surface area (Å²) in [7, 11) is 0. The Morgan fingerprint density at radius 2 is 2.14 bits per heavy atom. The number of aliphatic hydroxyl groups is 1. The highest BCUT2D eigenvalue weighted by atomic mass is 16.2. The van der Waals surface area contributed by atoms with Crippen LogP contribution in [0.1, 0.15) is 48.2 Å². The van der Waals surface area contributed by atoms with Crippen molar-refractivity contribution < 1.29 is 9.90 Å². The van der Waals surface area contributed by atoms with Gasteiger partial charge in [0.05, 0.1) is 5.56 Å². The van der Waals surface area contributed by atoms with Crippen molar-refractivity contribution in [3.8, 4) is 11.8 Å². The Balaban J connectivity index is 2.33. The van der Waals surface area contributed by atoms with Crippen molar-refractivity contribution in [3.05, 3.63) is 34.9 Å². The lowest BCUT2D eigenvalue weighted by molar-refractivity contribution is 0.0722. The summed E-state index contributed by atoms with van der Waals surface area (Å²) >= 11 is 0. The Bertz CT molecular complexity index is 577. The van der Waals surface area contributed by atoms with Crippen molar-refractivity contribution in [2.45, 2.75) is 39.7 Å². The highest BCUT2D eigenvalue weighted by Gasteiger charge is 2.33. The molecule has 1 saturated carbocycles. The van der Waals surface area contributed by atoms with Crippen LogP contribution in [0.5, 0.6) is 0 Å². The standard InChI is InChI=1S/C18H23NO2/c1-13(2)12-19(16-8-9-16)18(21)17-11-14(3)6-7-15(17)5-4-10-20/h6-7,11,13,16,20H,8-10,12H2,1-3H3. The minimum absolute atomic E-state index is 0.0668. The van der Waals surface area contributed by atoms with Crippen LogP contribution in [-0.2, 0) is 0 Å². The molecule has 1 N–H and O–H groups in total. The van der Waals surface area contributed by atoms with E-state index in [0.29, 0.717) is 23.1 Å². The summed E-state index contributed by atoms with van der Waals surface area (Å²) in [5, 5.41) is 8.87. The van der Waals surface area contributed by atoms with Crippen molar-refractivity contribution in [2.24, 2.45) is 5.92 Å². The van der Waals surface area contributed by atoms with E-state index in [2.05, 4.69) is 25.7 Å². The second-order valence-corrected chi connectivity index (χ2v) is 6.09. The molecule has 3 nitrogen and oxygen atoms in total. The van der Waals surface area contributed by atoms with Gasteiger partial charge in [0.15, 0.2) is 0 Å². The minimum atomic E-state index is -0.195. The van der Waals surface area contributed by atoms with E-state index < -0.39 is 0 Å². The molecule has 21 heavy (non-hydrogen) atoms. The van der Waals surface area contributed by atoms with Gasteiger partial charge >= 0.3 is 0 Å². The zero-order chi connectivity index (χ0) is 15.4. The molecular weight excluding hydrogens is 262 g/mol. The van der Waals surface area contributed by atoms with Gasteiger partial charge in [-0.3, -0.25) is 4.79 Å². The highest BCUT2D eigenvalue weighted by molar-refractivity contribution is 5.97. The van der Waals surface area contributed by atoms with Gasteiger partial charge in [-0.15, -0.1) is 0 Å². The number of carbonyl (C=O) groups is 1. The second-order valence-electron chi connectivity index (χ2n) is 6.09. The van der Waals surface area contributed by atoms with Crippen LogP contribution in [0.2, 0.25) is 0 Å². The fraction of sp³-hybridized carbons (Fsp3) is 0.500. The average molecular weight is 285 g/mol. The molecule has 0 atom stereocenters. The van der Waals surface area contributed by atoms with Gasteiger partial charge in [-0.25, -0.2) is 0 Å². The maximum atomic E-state index is 12.9. The zero-order valence-corrected chi connectivity index (χ0v) is 13.0. The van der Waals surface area contributed by atoms with Crippen molar-refractivity contribution >= 4 is 5.91 Å². The maximum Gasteiger partial charge on any atom is 0.255 e. The van der Waals surface area contributed by atoms with Crippen molar-refractivity contribution in [3.63, 3.8) is 0 Å². The Labute approximate surface area is 127 Å². The van der Waals surface area contributed by atoms with Crippen molar-refractivity contribution in [1.29, 1.82) is 0 Å². The molecule has 0 bridgehead atoms. The van der Waals surface area contributed by atoms with Crippen LogP contribution in [0.15, 0.2) is 18.2 Å². The summed E-state index contributed by atoms with van der Waals surface area (Å²) in [4.78, 5) is 14.9. The minimum Gasteiger partial charge on any atom is -0.384 e. The molecule has 1 aromatic carbocycles. The molecule has 1 fully saturated rings. The molecule has 0 aliphatic heterocycles. The second kappa shape index (κ2) is 6.78. The first-order chi connectivity index (χ1) is 10.0. The Morgan fingerprint density at radius 3 is 2.71 bits per heavy atom. The molecule has 2 rings (SSSR count). The molecule has 0 saturated heterocycles. The van der Waals surface area contributed by atoms with Crippen molar-refractivity contribution in [1.82, 2.24) is 4.90 Å². The smallest absolute Gasteiger partial charge is 0.255 e. The number of hydrogen-bond donors (Lipinski definition) is 1. The number of aliphatic hydroxyl groups excluding tert-OH is 1. The molecule has 0 unspecified atom stereocenters. The number of nitrogens with zero attached hydrogens (tertiary/aromatic N) is 1. The van der Waals surface area contributed by atoms with Crippen LogP contribution in [0, 0.1) is 24.7 Å². The van der Waals surface area contributed by atoms with Crippen LogP contribution in [0.25, 0.3) is 0 Å². The lowest BCUT2D eigenvalue weighted by Gasteiger charge is -2.25. The lowest BCUT2D eigenvalue weighted by atomic mass is 10.0. The SMILES string of the molecule is Cc1ccc(C#CCO)c(C(=O)N(CC(C)C)C2CC2)c1. The third-order valence-corrected chi connectivity index (χ3v) is 3.52. The molecule has 1 aliphatic carbocycles. The number of rotatable bonds is 4. The summed E-state index contributed by atoms with van der Waals surface area (Å²) in [6, 6.07) is 6.10. The first-order valence-electron chi connectivity index (χ1n) is 7.54. The first-order valence-corrected chi connectivity index (χ1v) is 7.54. The average Bonchev–Trinajstić information content (AvgIpc) is 3.27. The summed E-state index contributed by atoms with van der Waals surface area (Å²) < 4.78 is 0. The maximum absolute atomic E-state index is 12.9. The van der Waals surface area contributed by atoms with E-state index in [1.165, 1.54) is 0 Å². The number of amides is 1. The summed E-state index contributed by atoms with van der Waals surface area (Å²) in [6.45, 7) is 6.82. The van der Waals surface area contributed by atoms with Gasteiger partial charge in [0.2, 0.25) is 0 Å². The predicted octanol–water partition coefficient (Wildman–Crippen LogP) is 2.60. The Kier molecular flexibility index (Phi) is 5.03.